The molecule has 0 aliphatic rings. The van der Waals surface area contributed by atoms with Crippen LogP contribution >= 0.6 is 27.5 Å². The van der Waals surface area contributed by atoms with E-state index in [9.17, 15) is 4.79 Å². The van der Waals surface area contributed by atoms with Crippen LogP contribution in [-0.2, 0) is 13.2 Å². The molecule has 3 aromatic rings. The van der Waals surface area contributed by atoms with Crippen LogP contribution < -0.4 is 14.8 Å². The highest BCUT2D eigenvalue weighted by molar-refractivity contribution is 9.10. The lowest BCUT2D eigenvalue weighted by Crippen LogP contribution is -2.05. The van der Waals surface area contributed by atoms with Gasteiger partial charge in [0.1, 0.15) is 6.61 Å². The number of ether oxygens (including phenoxy) is 2. The molecule has 0 spiro atoms. The van der Waals surface area contributed by atoms with Crippen LogP contribution in [0.4, 0.5) is 5.69 Å². The third-order valence-electron chi connectivity index (χ3n) is 4.53. The molecular formula is C24H23BrClNO4. The smallest absolute Gasteiger partial charge is 0.337 e. The lowest BCUT2D eigenvalue weighted by Gasteiger charge is -2.16. The lowest BCUT2D eigenvalue weighted by molar-refractivity contribution is 0.0697. The number of aromatic carboxylic acids is 1. The third kappa shape index (κ3) is 6.15. The van der Waals surface area contributed by atoms with Crippen LogP contribution in [0.5, 0.6) is 11.5 Å². The Morgan fingerprint density at radius 2 is 1.90 bits per heavy atom. The molecule has 3 aromatic carbocycles. The van der Waals surface area contributed by atoms with Crippen molar-refractivity contribution in [1.29, 1.82) is 0 Å². The second-order valence-corrected chi connectivity index (χ2v) is 8.23. The van der Waals surface area contributed by atoms with Crippen LogP contribution in [0.15, 0.2) is 59.1 Å². The minimum absolute atomic E-state index is 0.0729. The number of hydrogen-bond donors (Lipinski definition) is 2. The molecule has 31 heavy (non-hydrogen) atoms. The average molecular weight is 505 g/mol. The molecule has 0 aromatic heterocycles. The monoisotopic (exact) mass is 503 g/mol. The van der Waals surface area contributed by atoms with Crippen molar-refractivity contribution >= 4 is 39.2 Å². The zero-order valence-electron chi connectivity index (χ0n) is 17.2. The third-order valence-corrected chi connectivity index (χ3v) is 5.43. The normalized spacial score (nSPS) is 10.6. The Kier molecular flexibility index (Phi) is 7.82. The Bertz CT molecular complexity index is 1090. The standard InChI is InChI=1S/C24H23BrClNO4/c1-3-30-22-11-17(13-27-18-7-8-19(24(28)29)21(26)12-18)10-20(25)23(22)31-14-16-6-4-5-15(2)9-16/h4-12,27H,3,13-14H2,1-2H3,(H,28,29). The lowest BCUT2D eigenvalue weighted by atomic mass is 10.1. The predicted molar refractivity (Wildman–Crippen MR) is 127 cm³/mol. The molecule has 0 atom stereocenters. The van der Waals surface area contributed by atoms with Crippen LogP contribution in [0.2, 0.25) is 5.02 Å². The number of nitrogens with one attached hydrogen (secondary N) is 1. The van der Waals surface area contributed by atoms with E-state index >= 15 is 0 Å². The zero-order valence-corrected chi connectivity index (χ0v) is 19.6. The number of hydrogen-bond acceptors (Lipinski definition) is 4. The van der Waals surface area contributed by atoms with Crippen molar-refractivity contribution in [2.75, 3.05) is 11.9 Å². The predicted octanol–water partition coefficient (Wildman–Crippen LogP) is 6.70. The van der Waals surface area contributed by atoms with Gasteiger partial charge in [0, 0.05) is 12.2 Å². The quantitative estimate of drug-likeness (QED) is 0.339. The number of anilines is 1. The average Bonchev–Trinajstić information content (AvgIpc) is 2.71. The summed E-state index contributed by atoms with van der Waals surface area (Å²) in [7, 11) is 0. The molecule has 2 N–H and O–H groups in total. The van der Waals surface area contributed by atoms with Gasteiger partial charge in [0.05, 0.1) is 21.7 Å². The van der Waals surface area contributed by atoms with E-state index in [1.807, 2.05) is 31.2 Å². The van der Waals surface area contributed by atoms with Crippen LogP contribution in [0, 0.1) is 6.92 Å². The number of carbonyl (C=O) groups is 1. The Morgan fingerprint density at radius 1 is 1.10 bits per heavy atom. The summed E-state index contributed by atoms with van der Waals surface area (Å²) in [4.78, 5) is 11.1. The molecule has 0 saturated heterocycles. The van der Waals surface area contributed by atoms with Gasteiger partial charge < -0.3 is 19.9 Å². The molecule has 5 nitrogen and oxygen atoms in total. The second kappa shape index (κ2) is 10.6. The molecule has 0 unspecified atom stereocenters. The van der Waals surface area contributed by atoms with E-state index in [1.165, 1.54) is 11.6 Å². The maximum Gasteiger partial charge on any atom is 0.337 e. The van der Waals surface area contributed by atoms with E-state index < -0.39 is 5.97 Å². The Balaban J connectivity index is 1.74. The van der Waals surface area contributed by atoms with Gasteiger partial charge in [-0.2, -0.15) is 0 Å². The maximum absolute atomic E-state index is 11.1. The molecule has 162 valence electrons. The summed E-state index contributed by atoms with van der Waals surface area (Å²) in [5.41, 5.74) is 4.04. The van der Waals surface area contributed by atoms with E-state index in [2.05, 4.69) is 40.3 Å². The number of benzene rings is 3. The molecule has 7 heteroatoms. The largest absolute Gasteiger partial charge is 0.490 e. The first-order valence-electron chi connectivity index (χ1n) is 9.77. The molecule has 0 radical (unpaired) electrons. The van der Waals surface area contributed by atoms with Crippen molar-refractivity contribution in [2.45, 2.75) is 27.0 Å². The van der Waals surface area contributed by atoms with E-state index in [4.69, 9.17) is 26.2 Å². The summed E-state index contributed by atoms with van der Waals surface area (Å²) in [5.74, 6) is 0.254. The van der Waals surface area contributed by atoms with Gasteiger partial charge in [-0.3, -0.25) is 0 Å². The molecule has 0 fully saturated rings. The fourth-order valence-electron chi connectivity index (χ4n) is 3.09. The first-order chi connectivity index (χ1) is 14.9. The number of rotatable bonds is 9. The van der Waals surface area contributed by atoms with Crippen LogP contribution in [0.1, 0.15) is 34.0 Å². The summed E-state index contributed by atoms with van der Waals surface area (Å²) < 4.78 is 12.7. The highest BCUT2D eigenvalue weighted by Gasteiger charge is 2.14. The van der Waals surface area contributed by atoms with Crippen molar-refractivity contribution in [2.24, 2.45) is 0 Å². The molecule has 0 aliphatic heterocycles. The van der Waals surface area contributed by atoms with E-state index in [-0.39, 0.29) is 10.6 Å². The van der Waals surface area contributed by atoms with Crippen molar-refractivity contribution < 1.29 is 19.4 Å². The molecule has 0 aliphatic carbocycles. The maximum atomic E-state index is 11.1. The van der Waals surface area contributed by atoms with Crippen LogP contribution in [0.3, 0.4) is 0 Å². The SMILES string of the molecule is CCOc1cc(CNc2ccc(C(=O)O)c(Cl)c2)cc(Br)c1OCc1cccc(C)c1. The van der Waals surface area contributed by atoms with Gasteiger partial charge in [0.15, 0.2) is 11.5 Å². The molecule has 0 bridgehead atoms. The van der Waals surface area contributed by atoms with Gasteiger partial charge in [0.2, 0.25) is 0 Å². The molecule has 0 heterocycles. The van der Waals surface area contributed by atoms with Crippen molar-refractivity contribution in [3.05, 3.63) is 86.3 Å². The number of carboxylic acids is 1. The summed E-state index contributed by atoms with van der Waals surface area (Å²) in [6, 6.07) is 16.8. The van der Waals surface area contributed by atoms with Gasteiger partial charge in [-0.25, -0.2) is 4.79 Å². The van der Waals surface area contributed by atoms with E-state index in [0.29, 0.717) is 31.3 Å². The highest BCUT2D eigenvalue weighted by atomic mass is 79.9. The first kappa shape index (κ1) is 23.0. The summed E-state index contributed by atoms with van der Waals surface area (Å²) >= 11 is 9.65. The number of halogens is 2. The van der Waals surface area contributed by atoms with Gasteiger partial charge in [0.25, 0.3) is 0 Å². The number of carboxylic acid groups (broad SMARTS) is 1. The topological polar surface area (TPSA) is 67.8 Å². The zero-order chi connectivity index (χ0) is 22.4. The van der Waals surface area contributed by atoms with E-state index in [0.717, 1.165) is 21.3 Å². The van der Waals surface area contributed by atoms with Crippen molar-refractivity contribution in [1.82, 2.24) is 0 Å². The first-order valence-corrected chi connectivity index (χ1v) is 10.9. The molecule has 0 saturated carbocycles. The Labute approximate surface area is 195 Å². The van der Waals surface area contributed by atoms with Crippen LogP contribution in [0.25, 0.3) is 0 Å². The summed E-state index contributed by atoms with van der Waals surface area (Å²) in [6.45, 7) is 5.42. The molecule has 3 rings (SSSR count). The van der Waals surface area contributed by atoms with Gasteiger partial charge in [-0.15, -0.1) is 0 Å². The van der Waals surface area contributed by atoms with Gasteiger partial charge >= 0.3 is 5.97 Å². The second-order valence-electron chi connectivity index (χ2n) is 6.97. The fourth-order valence-corrected chi connectivity index (χ4v) is 3.95. The number of aryl methyl sites for hydroxylation is 1. The molecule has 0 amide bonds. The van der Waals surface area contributed by atoms with Crippen molar-refractivity contribution in [3.63, 3.8) is 0 Å². The molecular weight excluding hydrogens is 482 g/mol. The van der Waals surface area contributed by atoms with Crippen molar-refractivity contribution in [3.8, 4) is 11.5 Å². The minimum atomic E-state index is -1.05. The Hall–Kier alpha value is -2.70. The summed E-state index contributed by atoms with van der Waals surface area (Å²) in [5, 5.41) is 12.5. The fraction of sp³-hybridized carbons (Fsp3) is 0.208. The van der Waals surface area contributed by atoms with Gasteiger partial charge in [-0.05, 0) is 71.2 Å². The van der Waals surface area contributed by atoms with Gasteiger partial charge in [-0.1, -0.05) is 41.4 Å². The highest BCUT2D eigenvalue weighted by Crippen LogP contribution is 2.38. The minimum Gasteiger partial charge on any atom is -0.490 e. The van der Waals surface area contributed by atoms with Crippen LogP contribution in [-0.4, -0.2) is 17.7 Å². The van der Waals surface area contributed by atoms with E-state index in [1.54, 1.807) is 12.1 Å². The Morgan fingerprint density at radius 3 is 2.58 bits per heavy atom. The summed E-state index contributed by atoms with van der Waals surface area (Å²) in [6.07, 6.45) is 0.